The van der Waals surface area contributed by atoms with Crippen LogP contribution in [0.5, 0.6) is 11.5 Å². The molecule has 0 radical (unpaired) electrons. The Bertz CT molecular complexity index is 675. The Morgan fingerprint density at radius 3 is 2.30 bits per heavy atom. The minimum atomic E-state index is -0.0881. The molecule has 0 aliphatic heterocycles. The van der Waals surface area contributed by atoms with Crippen LogP contribution in [0, 0.1) is 0 Å². The van der Waals surface area contributed by atoms with Crippen molar-refractivity contribution in [2.24, 2.45) is 0 Å². The van der Waals surface area contributed by atoms with Crippen LogP contribution in [0.2, 0.25) is 0 Å². The van der Waals surface area contributed by atoms with Gasteiger partial charge in [-0.25, -0.2) is 4.98 Å². The molecule has 20 heavy (non-hydrogen) atoms. The van der Waals surface area contributed by atoms with Crippen molar-refractivity contribution in [3.05, 3.63) is 66.6 Å². The number of hydrogen-bond donors (Lipinski definition) is 2. The topological polar surface area (TPSA) is 58.1 Å². The molecule has 3 rings (SSSR count). The van der Waals surface area contributed by atoms with Crippen LogP contribution < -0.4 is 4.74 Å². The second-order valence-electron chi connectivity index (χ2n) is 4.34. The SMILES string of the molecule is OCc1ncc(-c2ccc(Oc3ccccc3)cc2)[nH]1. The van der Waals surface area contributed by atoms with E-state index in [1.165, 1.54) is 0 Å². The van der Waals surface area contributed by atoms with Crippen molar-refractivity contribution in [2.75, 3.05) is 0 Å². The molecule has 0 aliphatic carbocycles. The third kappa shape index (κ3) is 2.70. The van der Waals surface area contributed by atoms with Gasteiger partial charge in [0.2, 0.25) is 0 Å². The molecule has 0 unspecified atom stereocenters. The molecule has 4 heteroatoms. The van der Waals surface area contributed by atoms with E-state index in [0.29, 0.717) is 5.82 Å². The Kier molecular flexibility index (Phi) is 3.48. The summed E-state index contributed by atoms with van der Waals surface area (Å²) in [5.41, 5.74) is 1.87. The van der Waals surface area contributed by atoms with Gasteiger partial charge in [0.25, 0.3) is 0 Å². The Hall–Kier alpha value is -2.59. The monoisotopic (exact) mass is 266 g/mol. The summed E-state index contributed by atoms with van der Waals surface area (Å²) in [7, 11) is 0. The van der Waals surface area contributed by atoms with E-state index >= 15 is 0 Å². The highest BCUT2D eigenvalue weighted by atomic mass is 16.5. The lowest BCUT2D eigenvalue weighted by Crippen LogP contribution is -1.86. The van der Waals surface area contributed by atoms with Crippen molar-refractivity contribution in [3.63, 3.8) is 0 Å². The molecule has 100 valence electrons. The summed E-state index contributed by atoms with van der Waals surface area (Å²) < 4.78 is 5.73. The van der Waals surface area contributed by atoms with Gasteiger partial charge in [0.15, 0.2) is 0 Å². The molecule has 3 aromatic rings. The maximum Gasteiger partial charge on any atom is 0.132 e. The van der Waals surface area contributed by atoms with Gasteiger partial charge >= 0.3 is 0 Å². The summed E-state index contributed by atoms with van der Waals surface area (Å²) in [5.74, 6) is 2.15. The molecule has 2 aromatic carbocycles. The number of ether oxygens (including phenoxy) is 1. The first-order valence-corrected chi connectivity index (χ1v) is 6.33. The number of aliphatic hydroxyl groups excluding tert-OH is 1. The maximum absolute atomic E-state index is 8.99. The van der Waals surface area contributed by atoms with Gasteiger partial charge in [-0.3, -0.25) is 0 Å². The number of para-hydroxylation sites is 1. The molecule has 1 heterocycles. The first-order chi connectivity index (χ1) is 9.85. The number of imidazole rings is 1. The van der Waals surface area contributed by atoms with E-state index in [1.54, 1.807) is 6.20 Å². The molecule has 2 N–H and O–H groups in total. The lowest BCUT2D eigenvalue weighted by atomic mass is 10.1. The molecule has 0 saturated carbocycles. The summed E-state index contributed by atoms with van der Waals surface area (Å²) >= 11 is 0. The minimum Gasteiger partial charge on any atom is -0.457 e. The van der Waals surface area contributed by atoms with Gasteiger partial charge in [-0.05, 0) is 42.0 Å². The van der Waals surface area contributed by atoms with E-state index in [2.05, 4.69) is 9.97 Å². The molecule has 0 spiro atoms. The van der Waals surface area contributed by atoms with E-state index in [0.717, 1.165) is 22.8 Å². The zero-order valence-corrected chi connectivity index (χ0v) is 10.8. The van der Waals surface area contributed by atoms with Gasteiger partial charge in [0, 0.05) is 0 Å². The minimum absolute atomic E-state index is 0.0881. The van der Waals surface area contributed by atoms with Crippen LogP contribution in [-0.4, -0.2) is 15.1 Å². The number of nitrogens with zero attached hydrogens (tertiary/aromatic N) is 1. The van der Waals surface area contributed by atoms with E-state index in [4.69, 9.17) is 9.84 Å². The van der Waals surface area contributed by atoms with Gasteiger partial charge in [-0.2, -0.15) is 0 Å². The average molecular weight is 266 g/mol. The number of nitrogens with one attached hydrogen (secondary N) is 1. The molecule has 0 bridgehead atoms. The van der Waals surface area contributed by atoms with E-state index in [9.17, 15) is 0 Å². The van der Waals surface area contributed by atoms with E-state index in [1.807, 2.05) is 54.6 Å². The Balaban J connectivity index is 1.77. The summed E-state index contributed by atoms with van der Waals surface area (Å²) in [5, 5.41) is 8.99. The fourth-order valence-electron chi connectivity index (χ4n) is 1.92. The lowest BCUT2D eigenvalue weighted by Gasteiger charge is -2.06. The van der Waals surface area contributed by atoms with Gasteiger partial charge < -0.3 is 14.8 Å². The van der Waals surface area contributed by atoms with Gasteiger partial charge in [-0.1, -0.05) is 18.2 Å². The van der Waals surface area contributed by atoms with Crippen LogP contribution in [0.25, 0.3) is 11.3 Å². The van der Waals surface area contributed by atoms with Crippen molar-refractivity contribution >= 4 is 0 Å². The predicted octanol–water partition coefficient (Wildman–Crippen LogP) is 3.36. The second kappa shape index (κ2) is 5.59. The fourth-order valence-corrected chi connectivity index (χ4v) is 1.92. The van der Waals surface area contributed by atoms with Crippen LogP contribution in [0.1, 0.15) is 5.82 Å². The molecule has 4 nitrogen and oxygen atoms in total. The van der Waals surface area contributed by atoms with Crippen molar-refractivity contribution in [1.82, 2.24) is 9.97 Å². The highest BCUT2D eigenvalue weighted by Gasteiger charge is 2.03. The number of aromatic amines is 1. The summed E-state index contributed by atoms with van der Waals surface area (Å²) in [4.78, 5) is 7.11. The van der Waals surface area contributed by atoms with E-state index in [-0.39, 0.29) is 6.61 Å². The van der Waals surface area contributed by atoms with Crippen LogP contribution in [0.15, 0.2) is 60.8 Å². The van der Waals surface area contributed by atoms with Crippen LogP contribution in [0.3, 0.4) is 0 Å². The standard InChI is InChI=1S/C16H14N2O2/c19-11-16-17-10-15(18-16)12-6-8-14(9-7-12)20-13-4-2-1-3-5-13/h1-10,19H,11H2,(H,17,18). The summed E-state index contributed by atoms with van der Waals surface area (Å²) in [6.45, 7) is -0.0881. The van der Waals surface area contributed by atoms with Gasteiger partial charge in [0.1, 0.15) is 23.9 Å². The Morgan fingerprint density at radius 2 is 1.65 bits per heavy atom. The van der Waals surface area contributed by atoms with Crippen LogP contribution in [-0.2, 0) is 6.61 Å². The number of aromatic nitrogens is 2. The third-order valence-electron chi connectivity index (χ3n) is 2.92. The molecule has 0 saturated heterocycles. The van der Waals surface area contributed by atoms with Crippen molar-refractivity contribution < 1.29 is 9.84 Å². The summed E-state index contributed by atoms with van der Waals surface area (Å²) in [6, 6.07) is 17.4. The molecule has 0 atom stereocenters. The first kappa shape index (κ1) is 12.4. The molecule has 0 amide bonds. The smallest absolute Gasteiger partial charge is 0.132 e. The zero-order valence-electron chi connectivity index (χ0n) is 10.8. The van der Waals surface area contributed by atoms with Gasteiger partial charge in [-0.15, -0.1) is 0 Å². The molecular formula is C16H14N2O2. The van der Waals surface area contributed by atoms with Crippen LogP contribution >= 0.6 is 0 Å². The zero-order chi connectivity index (χ0) is 13.8. The normalized spacial score (nSPS) is 10.4. The predicted molar refractivity (Wildman–Crippen MR) is 76.5 cm³/mol. The first-order valence-electron chi connectivity index (χ1n) is 6.33. The highest BCUT2D eigenvalue weighted by Crippen LogP contribution is 2.24. The number of rotatable bonds is 4. The van der Waals surface area contributed by atoms with Crippen LogP contribution in [0.4, 0.5) is 0 Å². The fraction of sp³-hybridized carbons (Fsp3) is 0.0625. The lowest BCUT2D eigenvalue weighted by molar-refractivity contribution is 0.272. The quantitative estimate of drug-likeness (QED) is 0.761. The molecule has 0 fully saturated rings. The third-order valence-corrected chi connectivity index (χ3v) is 2.92. The number of aliphatic hydroxyl groups is 1. The Morgan fingerprint density at radius 1 is 0.950 bits per heavy atom. The van der Waals surface area contributed by atoms with Crippen molar-refractivity contribution in [1.29, 1.82) is 0 Å². The number of benzene rings is 2. The van der Waals surface area contributed by atoms with E-state index < -0.39 is 0 Å². The van der Waals surface area contributed by atoms with Crippen molar-refractivity contribution in [3.8, 4) is 22.8 Å². The largest absolute Gasteiger partial charge is 0.457 e. The second-order valence-corrected chi connectivity index (χ2v) is 4.34. The average Bonchev–Trinajstić information content (AvgIpc) is 2.98. The molecular weight excluding hydrogens is 252 g/mol. The maximum atomic E-state index is 8.99. The van der Waals surface area contributed by atoms with Gasteiger partial charge in [0.05, 0.1) is 11.9 Å². The number of hydrogen-bond acceptors (Lipinski definition) is 3. The van der Waals surface area contributed by atoms with Crippen molar-refractivity contribution in [2.45, 2.75) is 6.61 Å². The molecule has 0 aliphatic rings. The Labute approximate surface area is 116 Å². The number of H-pyrrole nitrogens is 1. The summed E-state index contributed by atoms with van der Waals surface area (Å²) in [6.07, 6.45) is 1.71. The highest BCUT2D eigenvalue weighted by molar-refractivity contribution is 5.59. The molecule has 1 aromatic heterocycles.